The first-order valence-corrected chi connectivity index (χ1v) is 9.75. The maximum Gasteiger partial charge on any atom is 0.138 e. The first-order chi connectivity index (χ1) is 14.1. The summed E-state index contributed by atoms with van der Waals surface area (Å²) in [4.78, 5) is 6.90. The Morgan fingerprint density at radius 3 is 2.69 bits per heavy atom. The smallest absolute Gasteiger partial charge is 0.138 e. The molecule has 1 fully saturated rings. The number of piperazine rings is 1. The summed E-state index contributed by atoms with van der Waals surface area (Å²) in [5.74, 6) is 1.51. The molecule has 0 saturated carbocycles. The molecule has 29 heavy (non-hydrogen) atoms. The summed E-state index contributed by atoms with van der Waals surface area (Å²) in [6.07, 6.45) is 4.11. The molecule has 2 N–H and O–H groups in total. The first-order valence-electron chi connectivity index (χ1n) is 9.75. The molecule has 0 unspecified atom stereocenters. The van der Waals surface area contributed by atoms with Gasteiger partial charge >= 0.3 is 0 Å². The molecule has 2 atom stereocenters. The van der Waals surface area contributed by atoms with Crippen LogP contribution in [-0.2, 0) is 0 Å². The van der Waals surface area contributed by atoms with Crippen molar-refractivity contribution in [1.29, 1.82) is 5.26 Å². The number of aliphatic hydroxyl groups excluding tert-OH is 1. The predicted octanol–water partition coefficient (Wildman–Crippen LogP) is 1.83. The fourth-order valence-electron chi connectivity index (χ4n) is 3.40. The van der Waals surface area contributed by atoms with Gasteiger partial charge in [-0.3, -0.25) is 0 Å². The van der Waals surface area contributed by atoms with Crippen molar-refractivity contribution in [3.05, 3.63) is 42.4 Å². The van der Waals surface area contributed by atoms with Gasteiger partial charge in [-0.2, -0.15) is 10.4 Å². The van der Waals surface area contributed by atoms with Crippen LogP contribution < -0.4 is 15.0 Å². The molecule has 0 spiro atoms. The van der Waals surface area contributed by atoms with Crippen LogP contribution >= 0.6 is 0 Å². The Balaban J connectivity index is 1.74. The van der Waals surface area contributed by atoms with Crippen molar-refractivity contribution >= 4 is 11.3 Å². The molecule has 0 aromatic carbocycles. The normalized spacial score (nSPS) is 16.4. The van der Waals surface area contributed by atoms with E-state index in [1.807, 2.05) is 31.3 Å². The molecule has 8 heteroatoms. The third kappa shape index (κ3) is 3.88. The second kappa shape index (κ2) is 8.07. The van der Waals surface area contributed by atoms with Crippen LogP contribution in [0.15, 0.2) is 36.8 Å². The Morgan fingerprint density at radius 1 is 1.24 bits per heavy atom. The van der Waals surface area contributed by atoms with Gasteiger partial charge in [0.15, 0.2) is 0 Å². The molecule has 4 heterocycles. The molecule has 0 radical (unpaired) electrons. The van der Waals surface area contributed by atoms with Crippen molar-refractivity contribution in [2.24, 2.45) is 0 Å². The van der Waals surface area contributed by atoms with Crippen LogP contribution in [0.2, 0.25) is 0 Å². The van der Waals surface area contributed by atoms with Gasteiger partial charge in [-0.1, -0.05) is 0 Å². The van der Waals surface area contributed by atoms with E-state index < -0.39 is 6.10 Å². The topological polar surface area (TPSA) is 98.7 Å². The van der Waals surface area contributed by atoms with Crippen LogP contribution in [0.25, 0.3) is 16.6 Å². The molecule has 4 rings (SSSR count). The minimum Gasteiger partial charge on any atom is -0.486 e. The minimum absolute atomic E-state index is 0.375. The number of hydrogen-bond donors (Lipinski definition) is 2. The fraction of sp³-hybridized carbons (Fsp3) is 0.381. The number of aliphatic hydroxyl groups is 1. The quantitative estimate of drug-likeness (QED) is 0.683. The van der Waals surface area contributed by atoms with E-state index in [0.717, 1.165) is 43.1 Å². The van der Waals surface area contributed by atoms with E-state index in [2.05, 4.69) is 26.4 Å². The van der Waals surface area contributed by atoms with Gasteiger partial charge in [-0.15, -0.1) is 0 Å². The molecule has 3 aromatic heterocycles. The van der Waals surface area contributed by atoms with E-state index in [-0.39, 0.29) is 6.10 Å². The zero-order chi connectivity index (χ0) is 20.4. The van der Waals surface area contributed by atoms with Crippen molar-refractivity contribution < 1.29 is 9.84 Å². The molecule has 0 amide bonds. The van der Waals surface area contributed by atoms with Crippen molar-refractivity contribution in [1.82, 2.24) is 19.9 Å². The number of nitrogens with one attached hydrogen (secondary N) is 1. The average molecular weight is 392 g/mol. The van der Waals surface area contributed by atoms with Gasteiger partial charge in [0.1, 0.15) is 23.7 Å². The maximum absolute atomic E-state index is 9.77. The lowest BCUT2D eigenvalue weighted by molar-refractivity contribution is 0.0601. The monoisotopic (exact) mass is 392 g/mol. The summed E-state index contributed by atoms with van der Waals surface area (Å²) in [5.41, 5.74) is 2.89. The van der Waals surface area contributed by atoms with Gasteiger partial charge in [0.25, 0.3) is 0 Å². The number of anilines is 1. The Hall–Kier alpha value is -3.15. The predicted molar refractivity (Wildman–Crippen MR) is 110 cm³/mol. The average Bonchev–Trinajstić information content (AvgIpc) is 3.17. The zero-order valence-corrected chi connectivity index (χ0v) is 16.5. The molecular weight excluding hydrogens is 368 g/mol. The first kappa shape index (κ1) is 19.2. The lowest BCUT2D eigenvalue weighted by atomic mass is 10.1. The Bertz CT molecular complexity index is 1030. The summed E-state index contributed by atoms with van der Waals surface area (Å²) < 4.78 is 7.52. The van der Waals surface area contributed by atoms with Crippen LogP contribution in [0.3, 0.4) is 0 Å². The largest absolute Gasteiger partial charge is 0.486 e. The second-order valence-corrected chi connectivity index (χ2v) is 7.26. The van der Waals surface area contributed by atoms with E-state index >= 15 is 0 Å². The van der Waals surface area contributed by atoms with Crippen LogP contribution in [0, 0.1) is 11.3 Å². The number of ether oxygens (including phenoxy) is 1. The molecule has 0 aliphatic carbocycles. The summed E-state index contributed by atoms with van der Waals surface area (Å²) in [7, 11) is 0. The van der Waals surface area contributed by atoms with Crippen LogP contribution in [0.4, 0.5) is 5.82 Å². The van der Waals surface area contributed by atoms with E-state index in [4.69, 9.17) is 4.74 Å². The molecule has 0 bridgehead atoms. The van der Waals surface area contributed by atoms with Crippen molar-refractivity contribution in [2.75, 3.05) is 31.1 Å². The molecule has 8 nitrogen and oxygen atoms in total. The Kier molecular flexibility index (Phi) is 5.34. The fourth-order valence-corrected chi connectivity index (χ4v) is 3.40. The van der Waals surface area contributed by atoms with Crippen LogP contribution in [-0.4, -0.2) is 58.1 Å². The third-order valence-electron chi connectivity index (χ3n) is 5.21. The van der Waals surface area contributed by atoms with Gasteiger partial charge in [-0.05, 0) is 32.0 Å². The van der Waals surface area contributed by atoms with Gasteiger partial charge in [0.2, 0.25) is 0 Å². The minimum atomic E-state index is -0.610. The number of pyridine rings is 2. The summed E-state index contributed by atoms with van der Waals surface area (Å²) in [5, 5.41) is 26.9. The molecule has 1 aliphatic rings. The second-order valence-electron chi connectivity index (χ2n) is 7.26. The highest BCUT2D eigenvalue weighted by atomic mass is 16.5. The molecule has 1 aliphatic heterocycles. The summed E-state index contributed by atoms with van der Waals surface area (Å²) >= 11 is 0. The number of nitrogens with zero attached hydrogens (tertiary/aromatic N) is 5. The third-order valence-corrected chi connectivity index (χ3v) is 5.21. The summed E-state index contributed by atoms with van der Waals surface area (Å²) in [6.45, 7) is 7.25. The lowest BCUT2D eigenvalue weighted by Crippen LogP contribution is -2.43. The van der Waals surface area contributed by atoms with E-state index in [1.165, 1.54) is 0 Å². The van der Waals surface area contributed by atoms with Gasteiger partial charge in [-0.25, -0.2) is 9.50 Å². The molecular formula is C21H24N6O2. The van der Waals surface area contributed by atoms with Gasteiger partial charge in [0.05, 0.1) is 29.6 Å². The molecule has 3 aromatic rings. The van der Waals surface area contributed by atoms with Crippen molar-refractivity contribution in [2.45, 2.75) is 26.1 Å². The highest BCUT2D eigenvalue weighted by Gasteiger charge is 2.17. The summed E-state index contributed by atoms with van der Waals surface area (Å²) in [6, 6.07) is 8.09. The van der Waals surface area contributed by atoms with E-state index in [0.29, 0.717) is 16.8 Å². The van der Waals surface area contributed by atoms with Crippen molar-refractivity contribution in [3.8, 4) is 22.9 Å². The van der Waals surface area contributed by atoms with E-state index in [1.54, 1.807) is 23.8 Å². The standard InChI is InChI=1S/C21H24N6O2/c1-14(28)15(2)29-18-9-19(21-17(10-22)12-25-27(21)13-18)16-3-4-20(24-11-16)26-7-5-23-6-8-26/h3-4,9,11-15,23,28H,5-8H2,1-2H3/t14-,15+/m1/s1. The zero-order valence-electron chi connectivity index (χ0n) is 16.5. The maximum atomic E-state index is 9.77. The Labute approximate surface area is 169 Å². The number of aromatic nitrogens is 3. The number of hydrogen-bond acceptors (Lipinski definition) is 7. The van der Waals surface area contributed by atoms with Crippen molar-refractivity contribution in [3.63, 3.8) is 0 Å². The Morgan fingerprint density at radius 2 is 2.03 bits per heavy atom. The van der Waals surface area contributed by atoms with Gasteiger partial charge < -0.3 is 20.1 Å². The SMILES string of the molecule is C[C@H](Oc1cc(-c2ccc(N3CCNCC3)nc2)c2c(C#N)cnn2c1)[C@@H](C)O. The highest BCUT2D eigenvalue weighted by molar-refractivity contribution is 5.85. The lowest BCUT2D eigenvalue weighted by Gasteiger charge is -2.28. The number of rotatable bonds is 5. The van der Waals surface area contributed by atoms with Crippen LogP contribution in [0.1, 0.15) is 19.4 Å². The highest BCUT2D eigenvalue weighted by Crippen LogP contribution is 2.31. The number of nitriles is 1. The van der Waals surface area contributed by atoms with Gasteiger partial charge in [0, 0.05) is 43.5 Å². The molecule has 150 valence electrons. The molecule has 1 saturated heterocycles. The van der Waals surface area contributed by atoms with E-state index in [9.17, 15) is 10.4 Å². The number of fused-ring (bicyclic) bond motifs is 1. The van der Waals surface area contributed by atoms with Crippen LogP contribution in [0.5, 0.6) is 5.75 Å².